The van der Waals surface area contributed by atoms with Crippen molar-refractivity contribution < 1.29 is 17.6 Å². The third-order valence-electron chi connectivity index (χ3n) is 4.22. The Balaban J connectivity index is 0.00000480. The first-order valence-corrected chi connectivity index (χ1v) is 11.6. The summed E-state index contributed by atoms with van der Waals surface area (Å²) in [5.74, 6) is -0.208. The van der Waals surface area contributed by atoms with Crippen LogP contribution in [0.5, 0.6) is 0 Å². The van der Waals surface area contributed by atoms with Crippen molar-refractivity contribution in [3.8, 4) is 0 Å². The summed E-state index contributed by atoms with van der Waals surface area (Å²) in [4.78, 5) is 16.1. The van der Waals surface area contributed by atoms with Gasteiger partial charge in [-0.2, -0.15) is 0 Å². The molecule has 1 amide bonds. The zero-order valence-electron chi connectivity index (χ0n) is 17.5. The van der Waals surface area contributed by atoms with Gasteiger partial charge in [-0.1, -0.05) is 24.3 Å². The van der Waals surface area contributed by atoms with Gasteiger partial charge in [0, 0.05) is 38.5 Å². The first-order chi connectivity index (χ1) is 14.3. The van der Waals surface area contributed by atoms with Gasteiger partial charge in [-0.3, -0.25) is 9.79 Å². The quantitative estimate of drug-likeness (QED) is 0.189. The zero-order chi connectivity index (χ0) is 22.0. The topological polar surface area (TPSA) is 99.7 Å². The summed E-state index contributed by atoms with van der Waals surface area (Å²) in [6, 6.07) is 13.0. The molecule has 0 saturated heterocycles. The third-order valence-corrected chi connectivity index (χ3v) is 5.06. The molecular formula is C21H28FIN4O3S. The van der Waals surface area contributed by atoms with Crippen LogP contribution in [0.4, 0.5) is 4.39 Å². The SMILES string of the molecule is CN=C(NCCCNC(=O)c1ccccc1)NCc1cc(F)ccc1CS(C)(=O)=O.I. The molecule has 0 spiro atoms. The van der Waals surface area contributed by atoms with Gasteiger partial charge in [-0.25, -0.2) is 12.8 Å². The number of nitrogens with one attached hydrogen (secondary N) is 3. The molecule has 0 heterocycles. The lowest BCUT2D eigenvalue weighted by Gasteiger charge is -2.14. The summed E-state index contributed by atoms with van der Waals surface area (Å²) < 4.78 is 36.8. The molecule has 0 radical (unpaired) electrons. The van der Waals surface area contributed by atoms with Crippen molar-refractivity contribution in [3.05, 3.63) is 71.0 Å². The molecule has 0 aliphatic rings. The van der Waals surface area contributed by atoms with Gasteiger partial charge in [-0.15, -0.1) is 24.0 Å². The predicted octanol–water partition coefficient (Wildman–Crippen LogP) is 2.47. The Morgan fingerprint density at radius 1 is 1.00 bits per heavy atom. The molecule has 0 fully saturated rings. The highest BCUT2D eigenvalue weighted by molar-refractivity contribution is 14.0. The lowest BCUT2D eigenvalue weighted by molar-refractivity contribution is 0.0953. The Morgan fingerprint density at radius 2 is 1.68 bits per heavy atom. The fourth-order valence-corrected chi connectivity index (χ4v) is 3.62. The van der Waals surface area contributed by atoms with Gasteiger partial charge in [0.15, 0.2) is 15.8 Å². The fourth-order valence-electron chi connectivity index (χ4n) is 2.77. The highest BCUT2D eigenvalue weighted by Gasteiger charge is 2.11. The number of aliphatic imine (C=N–C) groups is 1. The molecule has 2 rings (SSSR count). The molecule has 0 atom stereocenters. The summed E-state index contributed by atoms with van der Waals surface area (Å²) in [6.45, 7) is 1.29. The van der Waals surface area contributed by atoms with E-state index in [-0.39, 0.29) is 42.2 Å². The van der Waals surface area contributed by atoms with Gasteiger partial charge in [0.25, 0.3) is 5.91 Å². The van der Waals surface area contributed by atoms with Crippen molar-refractivity contribution in [2.45, 2.75) is 18.7 Å². The Labute approximate surface area is 199 Å². The van der Waals surface area contributed by atoms with Crippen LogP contribution >= 0.6 is 24.0 Å². The van der Waals surface area contributed by atoms with Gasteiger partial charge < -0.3 is 16.0 Å². The molecule has 7 nitrogen and oxygen atoms in total. The van der Waals surface area contributed by atoms with Crippen molar-refractivity contribution in [2.24, 2.45) is 4.99 Å². The van der Waals surface area contributed by atoms with Crippen LogP contribution in [0.2, 0.25) is 0 Å². The molecule has 170 valence electrons. The fraction of sp³-hybridized carbons (Fsp3) is 0.333. The number of halogens is 2. The van der Waals surface area contributed by atoms with E-state index in [1.165, 1.54) is 18.2 Å². The second-order valence-corrected chi connectivity index (χ2v) is 8.95. The van der Waals surface area contributed by atoms with E-state index in [0.29, 0.717) is 42.2 Å². The molecule has 0 bridgehead atoms. The van der Waals surface area contributed by atoms with Crippen molar-refractivity contribution in [2.75, 3.05) is 26.4 Å². The van der Waals surface area contributed by atoms with Crippen LogP contribution in [-0.4, -0.2) is 46.7 Å². The van der Waals surface area contributed by atoms with Crippen LogP contribution < -0.4 is 16.0 Å². The maximum Gasteiger partial charge on any atom is 0.251 e. The molecule has 2 aromatic carbocycles. The van der Waals surface area contributed by atoms with E-state index in [4.69, 9.17) is 0 Å². The van der Waals surface area contributed by atoms with Crippen molar-refractivity contribution in [1.82, 2.24) is 16.0 Å². The Bertz CT molecular complexity index is 985. The maximum atomic E-state index is 13.6. The second kappa shape index (κ2) is 13.3. The van der Waals surface area contributed by atoms with Crippen molar-refractivity contribution in [3.63, 3.8) is 0 Å². The van der Waals surface area contributed by atoms with Gasteiger partial charge in [0.05, 0.1) is 5.75 Å². The van der Waals surface area contributed by atoms with Crippen LogP contribution in [0.15, 0.2) is 53.5 Å². The number of hydrogen-bond donors (Lipinski definition) is 3. The van der Waals surface area contributed by atoms with Crippen molar-refractivity contribution in [1.29, 1.82) is 0 Å². The maximum absolute atomic E-state index is 13.6. The standard InChI is InChI=1S/C21H27FN4O3S.HI/c1-23-21(25-12-6-11-24-20(27)16-7-4-3-5-8-16)26-14-18-13-19(22)10-9-17(18)15-30(2,28)29;/h3-5,7-10,13H,6,11-12,14-15H2,1-2H3,(H,24,27)(H2,23,25,26);1H. The van der Waals surface area contributed by atoms with Gasteiger partial charge in [0.2, 0.25) is 0 Å². The summed E-state index contributed by atoms with van der Waals surface area (Å²) >= 11 is 0. The number of nitrogens with zero attached hydrogens (tertiary/aromatic N) is 1. The zero-order valence-corrected chi connectivity index (χ0v) is 20.7. The lowest BCUT2D eigenvalue weighted by atomic mass is 10.1. The first kappa shape index (κ1) is 26.8. The van der Waals surface area contributed by atoms with Crippen LogP contribution in [0.1, 0.15) is 27.9 Å². The molecule has 3 N–H and O–H groups in total. The number of carbonyl (C=O) groups excluding carboxylic acids is 1. The number of hydrogen-bond acceptors (Lipinski definition) is 4. The molecule has 0 saturated carbocycles. The molecule has 2 aromatic rings. The lowest BCUT2D eigenvalue weighted by Crippen LogP contribution is -2.38. The number of carbonyl (C=O) groups is 1. The van der Waals surface area contributed by atoms with Crippen LogP contribution in [0, 0.1) is 5.82 Å². The molecule has 0 aromatic heterocycles. The normalized spacial score (nSPS) is 11.4. The molecular weight excluding hydrogens is 534 g/mol. The van der Waals surface area contributed by atoms with E-state index in [0.717, 1.165) is 6.26 Å². The van der Waals surface area contributed by atoms with E-state index in [2.05, 4.69) is 20.9 Å². The second-order valence-electron chi connectivity index (χ2n) is 6.81. The summed E-state index contributed by atoms with van der Waals surface area (Å²) in [6.07, 6.45) is 1.82. The van der Waals surface area contributed by atoms with Crippen LogP contribution in [-0.2, 0) is 22.1 Å². The number of rotatable bonds is 9. The number of guanidine groups is 1. The largest absolute Gasteiger partial charge is 0.356 e. The van der Waals surface area contributed by atoms with Crippen LogP contribution in [0.3, 0.4) is 0 Å². The van der Waals surface area contributed by atoms with Gasteiger partial charge in [0.1, 0.15) is 5.82 Å². The first-order valence-electron chi connectivity index (χ1n) is 9.51. The van der Waals surface area contributed by atoms with Gasteiger partial charge in [-0.05, 0) is 41.8 Å². The average molecular weight is 562 g/mol. The Hall–Kier alpha value is -2.21. The summed E-state index contributed by atoms with van der Waals surface area (Å²) in [5.41, 5.74) is 1.71. The van der Waals surface area contributed by atoms with Crippen molar-refractivity contribution >= 4 is 45.7 Å². The smallest absolute Gasteiger partial charge is 0.251 e. The third kappa shape index (κ3) is 10.1. The Kier molecular flexibility index (Phi) is 11.5. The summed E-state index contributed by atoms with van der Waals surface area (Å²) in [5, 5.41) is 9.01. The Morgan fingerprint density at radius 3 is 2.32 bits per heavy atom. The highest BCUT2D eigenvalue weighted by Crippen LogP contribution is 2.14. The number of sulfone groups is 1. The number of benzene rings is 2. The predicted molar refractivity (Wildman–Crippen MR) is 132 cm³/mol. The average Bonchev–Trinajstić information content (AvgIpc) is 2.71. The number of amides is 1. The summed E-state index contributed by atoms with van der Waals surface area (Å²) in [7, 11) is -1.63. The van der Waals surface area contributed by atoms with E-state index in [1.807, 2.05) is 18.2 Å². The van der Waals surface area contributed by atoms with Gasteiger partial charge >= 0.3 is 0 Å². The molecule has 0 aliphatic heterocycles. The monoisotopic (exact) mass is 562 g/mol. The molecule has 0 unspecified atom stereocenters. The molecule has 0 aliphatic carbocycles. The minimum atomic E-state index is -3.23. The minimum Gasteiger partial charge on any atom is -0.356 e. The van der Waals surface area contributed by atoms with E-state index < -0.39 is 15.7 Å². The van der Waals surface area contributed by atoms with E-state index in [1.54, 1.807) is 19.2 Å². The van der Waals surface area contributed by atoms with E-state index >= 15 is 0 Å². The van der Waals surface area contributed by atoms with Crippen LogP contribution in [0.25, 0.3) is 0 Å². The molecule has 10 heteroatoms. The highest BCUT2D eigenvalue weighted by atomic mass is 127. The molecule has 31 heavy (non-hydrogen) atoms. The minimum absolute atomic E-state index is 0. The van der Waals surface area contributed by atoms with E-state index in [9.17, 15) is 17.6 Å².